The Balaban J connectivity index is 2.65. The summed E-state index contributed by atoms with van der Waals surface area (Å²) < 4.78 is 5.08. The number of hydrogen-bond acceptors (Lipinski definition) is 2. The van der Waals surface area contributed by atoms with Crippen LogP contribution in [0, 0.1) is 0 Å². The van der Waals surface area contributed by atoms with Crippen molar-refractivity contribution in [2.24, 2.45) is 0 Å². The van der Waals surface area contributed by atoms with Crippen LogP contribution in [0.5, 0.6) is 0 Å². The maximum Gasteiger partial charge on any atom is 0.332 e. The highest BCUT2D eigenvalue weighted by Crippen LogP contribution is 2.21. The van der Waals surface area contributed by atoms with E-state index in [1.807, 2.05) is 0 Å². The number of carbonyl (C=O) groups is 1. The van der Waals surface area contributed by atoms with Gasteiger partial charge >= 0.3 is 5.97 Å². The lowest BCUT2D eigenvalue weighted by Gasteiger charge is -2.09. The van der Waals surface area contributed by atoms with Crippen LogP contribution in [0.25, 0.3) is 0 Å². The lowest BCUT2D eigenvalue weighted by atomic mass is 10.2. The van der Waals surface area contributed by atoms with Crippen molar-refractivity contribution >= 4 is 29.2 Å². The fourth-order valence-corrected chi connectivity index (χ4v) is 1.31. The summed E-state index contributed by atoms with van der Waals surface area (Å²) in [5.74, 6) is -1.01. The summed E-state index contributed by atoms with van der Waals surface area (Å²) in [6.45, 7) is 1.59. The van der Waals surface area contributed by atoms with Crippen molar-refractivity contribution in [2.45, 2.75) is 19.6 Å². The molecule has 0 fully saturated rings. The van der Waals surface area contributed by atoms with Gasteiger partial charge in [-0.1, -0.05) is 23.2 Å². The lowest BCUT2D eigenvalue weighted by Crippen LogP contribution is -2.19. The first kappa shape index (κ1) is 12.3. The summed E-state index contributed by atoms with van der Waals surface area (Å²) in [5, 5.41) is 9.65. The zero-order valence-corrected chi connectivity index (χ0v) is 9.55. The zero-order valence-electron chi connectivity index (χ0n) is 8.04. The number of rotatable bonds is 4. The molecule has 0 unspecified atom stereocenters. The third kappa shape index (κ3) is 3.70. The Morgan fingerprint density at radius 3 is 2.80 bits per heavy atom. The maximum absolute atomic E-state index is 10.5. The van der Waals surface area contributed by atoms with Crippen molar-refractivity contribution < 1.29 is 14.6 Å². The van der Waals surface area contributed by atoms with E-state index in [4.69, 9.17) is 33.0 Å². The topological polar surface area (TPSA) is 46.5 Å². The second kappa shape index (κ2) is 5.35. The highest BCUT2D eigenvalue weighted by atomic mass is 35.5. The van der Waals surface area contributed by atoms with Crippen LogP contribution in [0.1, 0.15) is 12.5 Å². The normalized spacial score (nSPS) is 12.5. The van der Waals surface area contributed by atoms with Crippen LogP contribution in [-0.4, -0.2) is 17.2 Å². The van der Waals surface area contributed by atoms with E-state index < -0.39 is 12.1 Å². The largest absolute Gasteiger partial charge is 0.479 e. The predicted octanol–water partition coefficient (Wildman–Crippen LogP) is 2.98. The Bertz CT molecular complexity index is 366. The molecule has 0 aliphatic carbocycles. The first-order valence-electron chi connectivity index (χ1n) is 4.29. The van der Waals surface area contributed by atoms with E-state index >= 15 is 0 Å². The van der Waals surface area contributed by atoms with E-state index in [1.54, 1.807) is 18.2 Å². The minimum absolute atomic E-state index is 0.132. The van der Waals surface area contributed by atoms with Crippen molar-refractivity contribution in [3.8, 4) is 0 Å². The van der Waals surface area contributed by atoms with Gasteiger partial charge in [-0.25, -0.2) is 4.79 Å². The van der Waals surface area contributed by atoms with Gasteiger partial charge in [0, 0.05) is 10.0 Å². The van der Waals surface area contributed by atoms with Crippen LogP contribution in [-0.2, 0) is 16.1 Å². The molecule has 1 atom stereocenters. The van der Waals surface area contributed by atoms with Crippen molar-refractivity contribution in [2.75, 3.05) is 0 Å². The van der Waals surface area contributed by atoms with E-state index in [0.29, 0.717) is 15.6 Å². The molecule has 0 spiro atoms. The van der Waals surface area contributed by atoms with Gasteiger partial charge in [0.05, 0.1) is 6.61 Å². The Morgan fingerprint density at radius 2 is 2.20 bits per heavy atom. The highest BCUT2D eigenvalue weighted by molar-refractivity contribution is 6.33. The second-order valence-corrected chi connectivity index (χ2v) is 3.87. The maximum atomic E-state index is 10.5. The van der Waals surface area contributed by atoms with Gasteiger partial charge in [-0.15, -0.1) is 0 Å². The molecule has 0 aliphatic rings. The third-order valence-corrected chi connectivity index (χ3v) is 2.45. The quantitative estimate of drug-likeness (QED) is 0.892. The molecular formula is C10H10Cl2O3. The molecule has 1 rings (SSSR count). The van der Waals surface area contributed by atoms with Gasteiger partial charge in [0.15, 0.2) is 6.10 Å². The molecule has 0 heterocycles. The lowest BCUT2D eigenvalue weighted by molar-refractivity contribution is -0.149. The van der Waals surface area contributed by atoms with Gasteiger partial charge in [0.1, 0.15) is 0 Å². The fourth-order valence-electron chi connectivity index (χ4n) is 0.940. The number of halogens is 2. The number of carboxylic acid groups (broad SMARTS) is 1. The predicted molar refractivity (Wildman–Crippen MR) is 58.3 cm³/mol. The van der Waals surface area contributed by atoms with Crippen LogP contribution in [0.3, 0.4) is 0 Å². The Kier molecular flexibility index (Phi) is 4.39. The standard InChI is InChI=1S/C10H10Cl2O3/c1-6(10(13)14)15-5-7-4-8(11)2-3-9(7)12/h2-4,6H,5H2,1H3,(H,13,14)/t6-/m0/s1. The average molecular weight is 249 g/mol. The van der Waals surface area contributed by atoms with Crippen LogP contribution >= 0.6 is 23.2 Å². The second-order valence-electron chi connectivity index (χ2n) is 3.03. The Morgan fingerprint density at radius 1 is 1.53 bits per heavy atom. The number of hydrogen-bond donors (Lipinski definition) is 1. The summed E-state index contributed by atoms with van der Waals surface area (Å²) in [5.41, 5.74) is 0.678. The van der Waals surface area contributed by atoms with E-state index in [1.165, 1.54) is 6.92 Å². The van der Waals surface area contributed by atoms with Gasteiger partial charge in [-0.2, -0.15) is 0 Å². The molecule has 0 bridgehead atoms. The van der Waals surface area contributed by atoms with Crippen LogP contribution in [0.4, 0.5) is 0 Å². The van der Waals surface area contributed by atoms with Crippen molar-refractivity contribution in [1.29, 1.82) is 0 Å². The molecule has 0 radical (unpaired) electrons. The molecule has 0 saturated carbocycles. The fraction of sp³-hybridized carbons (Fsp3) is 0.300. The smallest absolute Gasteiger partial charge is 0.332 e. The first-order chi connectivity index (χ1) is 7.00. The number of aliphatic carboxylic acids is 1. The number of ether oxygens (including phenoxy) is 1. The molecule has 1 aromatic rings. The first-order valence-corrected chi connectivity index (χ1v) is 5.04. The minimum atomic E-state index is -1.01. The number of carboxylic acids is 1. The average Bonchev–Trinajstić information content (AvgIpc) is 2.18. The van der Waals surface area contributed by atoms with Gasteiger partial charge in [0.25, 0.3) is 0 Å². The Labute approximate surface area is 97.6 Å². The molecule has 1 aromatic carbocycles. The molecule has 15 heavy (non-hydrogen) atoms. The van der Waals surface area contributed by atoms with E-state index in [-0.39, 0.29) is 6.61 Å². The van der Waals surface area contributed by atoms with E-state index in [9.17, 15) is 4.79 Å². The zero-order chi connectivity index (χ0) is 11.4. The molecule has 0 aliphatic heterocycles. The van der Waals surface area contributed by atoms with Crippen LogP contribution in [0.15, 0.2) is 18.2 Å². The molecule has 1 N–H and O–H groups in total. The summed E-state index contributed by atoms with van der Waals surface area (Å²) in [4.78, 5) is 10.5. The molecule has 82 valence electrons. The minimum Gasteiger partial charge on any atom is -0.479 e. The van der Waals surface area contributed by atoms with Gasteiger partial charge in [-0.3, -0.25) is 0 Å². The monoisotopic (exact) mass is 248 g/mol. The third-order valence-electron chi connectivity index (χ3n) is 1.84. The molecule has 0 amide bonds. The summed E-state index contributed by atoms with van der Waals surface area (Å²) in [7, 11) is 0. The summed E-state index contributed by atoms with van der Waals surface area (Å²) in [6.07, 6.45) is -0.861. The van der Waals surface area contributed by atoms with Crippen LogP contribution < -0.4 is 0 Å². The Hall–Kier alpha value is -0.770. The van der Waals surface area contributed by atoms with Crippen molar-refractivity contribution in [3.05, 3.63) is 33.8 Å². The van der Waals surface area contributed by atoms with E-state index in [2.05, 4.69) is 0 Å². The molecule has 5 heteroatoms. The molecule has 3 nitrogen and oxygen atoms in total. The van der Waals surface area contributed by atoms with Crippen LogP contribution in [0.2, 0.25) is 10.0 Å². The number of benzene rings is 1. The van der Waals surface area contributed by atoms with Gasteiger partial charge in [-0.05, 0) is 30.7 Å². The highest BCUT2D eigenvalue weighted by Gasteiger charge is 2.12. The van der Waals surface area contributed by atoms with Crippen molar-refractivity contribution in [3.63, 3.8) is 0 Å². The SMILES string of the molecule is C[C@H](OCc1cc(Cl)ccc1Cl)C(=O)O. The summed E-state index contributed by atoms with van der Waals surface area (Å²) >= 11 is 11.6. The summed E-state index contributed by atoms with van der Waals surface area (Å²) in [6, 6.07) is 4.96. The molecular weight excluding hydrogens is 239 g/mol. The van der Waals surface area contributed by atoms with Gasteiger partial charge < -0.3 is 9.84 Å². The molecule has 0 aromatic heterocycles. The van der Waals surface area contributed by atoms with E-state index in [0.717, 1.165) is 0 Å². The molecule has 0 saturated heterocycles. The van der Waals surface area contributed by atoms with Gasteiger partial charge in [0.2, 0.25) is 0 Å². The van der Waals surface area contributed by atoms with Crippen molar-refractivity contribution in [1.82, 2.24) is 0 Å².